The molecule has 63 heavy (non-hydrogen) atoms. The Morgan fingerprint density at radius 1 is 0.492 bits per heavy atom. The van der Waals surface area contributed by atoms with Crippen LogP contribution in [0.5, 0.6) is 0 Å². The van der Waals surface area contributed by atoms with Gasteiger partial charge in [-0.2, -0.15) is 0 Å². The maximum Gasteiger partial charge on any atom is 0.235 e. The van der Waals surface area contributed by atoms with E-state index in [9.17, 15) is 0 Å². The van der Waals surface area contributed by atoms with Gasteiger partial charge in [-0.1, -0.05) is 152 Å². The van der Waals surface area contributed by atoms with E-state index in [4.69, 9.17) is 9.97 Å². The second-order valence-corrected chi connectivity index (χ2v) is 16.5. The lowest BCUT2D eigenvalue weighted by Gasteiger charge is -2.20. The molecule has 3 heterocycles. The van der Waals surface area contributed by atoms with Crippen LogP contribution in [0.4, 0.5) is 0 Å². The van der Waals surface area contributed by atoms with E-state index in [1.165, 1.54) is 60.5 Å². The molecule has 0 unspecified atom stereocenters. The predicted molar refractivity (Wildman–Crippen MR) is 265 cm³/mol. The van der Waals surface area contributed by atoms with Gasteiger partial charge in [-0.3, -0.25) is 4.57 Å². The van der Waals surface area contributed by atoms with Crippen molar-refractivity contribution in [2.24, 2.45) is 0 Å². The molecule has 0 spiro atoms. The van der Waals surface area contributed by atoms with Crippen LogP contribution in [0, 0.1) is 0 Å². The van der Waals surface area contributed by atoms with Crippen molar-refractivity contribution < 1.29 is 0 Å². The van der Waals surface area contributed by atoms with Crippen molar-refractivity contribution in [2.45, 2.75) is 19.3 Å². The molecule has 4 nitrogen and oxygen atoms in total. The molecule has 3 aromatic heterocycles. The van der Waals surface area contributed by atoms with Crippen molar-refractivity contribution in [1.29, 1.82) is 0 Å². The monoisotopic (exact) mass is 806 g/mol. The molecule has 0 amide bonds. The summed E-state index contributed by atoms with van der Waals surface area (Å²) in [6, 6.07) is 56.5. The largest absolute Gasteiger partial charge is 0.309 e. The van der Waals surface area contributed by atoms with Crippen molar-refractivity contribution >= 4 is 71.7 Å². The van der Waals surface area contributed by atoms with Gasteiger partial charge in [0.2, 0.25) is 5.95 Å². The lowest BCUT2D eigenvalue weighted by atomic mass is 9.87. The van der Waals surface area contributed by atoms with Crippen molar-refractivity contribution in [3.63, 3.8) is 0 Å². The summed E-state index contributed by atoms with van der Waals surface area (Å²) in [5, 5.41) is 5.86. The molecule has 0 aliphatic heterocycles. The van der Waals surface area contributed by atoms with E-state index in [0.717, 1.165) is 69.2 Å². The van der Waals surface area contributed by atoms with E-state index < -0.39 is 0 Å². The molecule has 4 heteroatoms. The van der Waals surface area contributed by atoms with Crippen LogP contribution < -0.4 is 0 Å². The molecule has 0 bridgehead atoms. The first-order valence-electron chi connectivity index (χ1n) is 21.8. The van der Waals surface area contributed by atoms with Gasteiger partial charge in [-0.05, 0) is 113 Å². The molecule has 12 rings (SSSR count). The molecular formula is C59H42N4. The summed E-state index contributed by atoms with van der Waals surface area (Å²) in [6.45, 7) is 4.51. The van der Waals surface area contributed by atoms with E-state index in [0.29, 0.717) is 5.95 Å². The van der Waals surface area contributed by atoms with Gasteiger partial charge < -0.3 is 4.57 Å². The number of aromatic nitrogens is 4. The third kappa shape index (κ3) is 6.22. The highest BCUT2D eigenvalue weighted by atomic mass is 15.2. The molecule has 0 N–H and O–H groups in total. The molecule has 2 aliphatic carbocycles. The highest BCUT2D eigenvalue weighted by Gasteiger charge is 2.24. The number of benzene rings is 7. The first-order valence-corrected chi connectivity index (χ1v) is 21.8. The third-order valence-corrected chi connectivity index (χ3v) is 12.7. The predicted octanol–water partition coefficient (Wildman–Crippen LogP) is 15.0. The Balaban J connectivity index is 1.05. The Labute approximate surface area is 366 Å². The Kier molecular flexibility index (Phi) is 8.82. The quantitative estimate of drug-likeness (QED) is 0.174. The van der Waals surface area contributed by atoms with E-state index >= 15 is 0 Å². The Hall–Kier alpha value is -8.08. The van der Waals surface area contributed by atoms with Crippen LogP contribution in [0.25, 0.3) is 94.5 Å². The lowest BCUT2D eigenvalue weighted by molar-refractivity contribution is 0.988. The first-order chi connectivity index (χ1) is 31.2. The molecule has 0 radical (unpaired) electrons. The first kappa shape index (κ1) is 36.7. The van der Waals surface area contributed by atoms with Crippen LogP contribution in [0.3, 0.4) is 0 Å². The van der Waals surface area contributed by atoms with Crippen molar-refractivity contribution in [2.75, 3.05) is 0 Å². The highest BCUT2D eigenvalue weighted by molar-refractivity contribution is 6.15. The minimum atomic E-state index is 0.637. The topological polar surface area (TPSA) is 35.6 Å². The number of allylic oxidation sites excluding steroid dienone is 10. The maximum absolute atomic E-state index is 5.48. The Morgan fingerprint density at radius 3 is 1.95 bits per heavy atom. The molecule has 0 atom stereocenters. The Morgan fingerprint density at radius 2 is 1.14 bits per heavy atom. The SMILES string of the molecule is C=C1C=C(c2nc(-n3c4ccccc4c4cc(-c5cc6c7ccccc7n(-c7ccccc7)c6c6c5CCC=C6)ccc43)nc3ccccc23)/C=C\C/C=C\C(c2ccccc2)=C/1. The second kappa shape index (κ2) is 15.1. The second-order valence-electron chi connectivity index (χ2n) is 16.5. The van der Waals surface area contributed by atoms with Gasteiger partial charge in [-0.15, -0.1) is 0 Å². The molecule has 7 aromatic carbocycles. The summed E-state index contributed by atoms with van der Waals surface area (Å²) < 4.78 is 4.70. The zero-order chi connectivity index (χ0) is 41.9. The van der Waals surface area contributed by atoms with Crippen molar-refractivity contribution in [3.05, 3.63) is 235 Å². The highest BCUT2D eigenvalue weighted by Crippen LogP contribution is 2.44. The minimum Gasteiger partial charge on any atom is -0.309 e. The van der Waals surface area contributed by atoms with E-state index in [1.807, 2.05) is 0 Å². The van der Waals surface area contributed by atoms with E-state index in [1.54, 1.807) is 0 Å². The summed E-state index contributed by atoms with van der Waals surface area (Å²) >= 11 is 0. The van der Waals surface area contributed by atoms with Crippen LogP contribution in [0.1, 0.15) is 35.2 Å². The van der Waals surface area contributed by atoms with Gasteiger partial charge in [-0.25, -0.2) is 9.97 Å². The molecule has 298 valence electrons. The van der Waals surface area contributed by atoms with Crippen LogP contribution in [-0.2, 0) is 6.42 Å². The van der Waals surface area contributed by atoms with Gasteiger partial charge in [0, 0.05) is 43.8 Å². The fourth-order valence-electron chi connectivity index (χ4n) is 9.88. The van der Waals surface area contributed by atoms with Crippen LogP contribution in [-0.4, -0.2) is 19.1 Å². The fourth-order valence-corrected chi connectivity index (χ4v) is 9.88. The van der Waals surface area contributed by atoms with Crippen molar-refractivity contribution in [3.8, 4) is 22.8 Å². The van der Waals surface area contributed by atoms with Crippen LogP contribution in [0.15, 0.2) is 212 Å². The standard InChI is InChI=1S/C59H42N4/c1-39-35-41(40-19-5-2-6-20-40)21-7-3-8-22-43(36-39)57-49-29-13-16-30-53(49)60-59(61-57)63-55-32-18-14-26-46(55)51-37-42(33-34-56(51)63)50-38-52-47-27-15-17-31-54(47)62(44-23-9-4-10-24-44)58(52)48-28-12-11-25-45(48)50/h2,4-10,12-24,26-38H,1,3,11,25H2/b21-7-,22-8-,41-35+,43-36?. The number of nitrogens with zero attached hydrogens (tertiary/aromatic N) is 4. The summed E-state index contributed by atoms with van der Waals surface area (Å²) in [5.74, 6) is 0.637. The van der Waals surface area contributed by atoms with E-state index in [2.05, 4.69) is 222 Å². The smallest absolute Gasteiger partial charge is 0.235 e. The van der Waals surface area contributed by atoms with Crippen LogP contribution in [0.2, 0.25) is 0 Å². The maximum atomic E-state index is 5.48. The summed E-state index contributed by atoms with van der Waals surface area (Å²) in [6.07, 6.45) is 20.6. The van der Waals surface area contributed by atoms with Gasteiger partial charge in [0.1, 0.15) is 0 Å². The minimum absolute atomic E-state index is 0.637. The van der Waals surface area contributed by atoms with Gasteiger partial charge in [0.25, 0.3) is 0 Å². The lowest BCUT2D eigenvalue weighted by Crippen LogP contribution is -2.05. The molecule has 0 saturated heterocycles. The molecular weight excluding hydrogens is 765 g/mol. The molecule has 2 aliphatic rings. The summed E-state index contributed by atoms with van der Waals surface area (Å²) in [7, 11) is 0. The Bertz CT molecular complexity index is 3650. The number of hydrogen-bond acceptors (Lipinski definition) is 2. The number of rotatable bonds is 5. The summed E-state index contributed by atoms with van der Waals surface area (Å²) in [5.41, 5.74) is 16.9. The third-order valence-electron chi connectivity index (χ3n) is 12.7. The number of para-hydroxylation sites is 4. The van der Waals surface area contributed by atoms with Gasteiger partial charge in [0.15, 0.2) is 0 Å². The van der Waals surface area contributed by atoms with Crippen LogP contribution >= 0.6 is 0 Å². The zero-order valence-electron chi connectivity index (χ0n) is 34.7. The molecule has 0 saturated carbocycles. The number of fused-ring (bicyclic) bond motifs is 9. The normalized spacial score (nSPS) is 16.0. The zero-order valence-corrected chi connectivity index (χ0v) is 34.7. The average Bonchev–Trinajstić information content (AvgIpc) is 3.86. The number of hydrogen-bond donors (Lipinski definition) is 0. The summed E-state index contributed by atoms with van der Waals surface area (Å²) in [4.78, 5) is 10.8. The molecule has 0 fully saturated rings. The van der Waals surface area contributed by atoms with Gasteiger partial charge in [0.05, 0.1) is 33.3 Å². The van der Waals surface area contributed by atoms with Gasteiger partial charge >= 0.3 is 0 Å². The molecule has 10 aromatic rings. The fraction of sp³-hybridized carbons (Fsp3) is 0.0508. The average molecular weight is 807 g/mol. The van der Waals surface area contributed by atoms with E-state index in [-0.39, 0.29) is 0 Å². The van der Waals surface area contributed by atoms with Crippen molar-refractivity contribution in [1.82, 2.24) is 19.1 Å².